The van der Waals surface area contributed by atoms with E-state index in [9.17, 15) is 5.11 Å². The molecule has 72 valence electrons. The van der Waals surface area contributed by atoms with Crippen LogP contribution >= 0.6 is 0 Å². The Hall–Kier alpha value is -0.940. The molecule has 0 unspecified atom stereocenters. The minimum Gasteiger partial charge on any atom is -0.380 e. The summed E-state index contributed by atoms with van der Waals surface area (Å²) in [7, 11) is 1.56. The van der Waals surface area contributed by atoms with Gasteiger partial charge >= 0.3 is 0 Å². The number of aromatic nitrogens is 2. The van der Waals surface area contributed by atoms with Crippen molar-refractivity contribution < 1.29 is 14.4 Å². The van der Waals surface area contributed by atoms with Gasteiger partial charge in [0.2, 0.25) is 0 Å². The molecule has 0 radical (unpaired) electrons. The van der Waals surface area contributed by atoms with E-state index in [1.54, 1.807) is 7.11 Å². The molecule has 1 N–H and O–H groups in total. The fraction of sp³-hybridized carbons (Fsp3) is 0.750. The molecule has 5 heteroatoms. The van der Waals surface area contributed by atoms with Gasteiger partial charge in [-0.15, -0.1) is 0 Å². The van der Waals surface area contributed by atoms with Crippen LogP contribution in [0.25, 0.3) is 0 Å². The second-order valence-electron chi connectivity index (χ2n) is 3.33. The van der Waals surface area contributed by atoms with E-state index < -0.39 is 5.60 Å². The summed E-state index contributed by atoms with van der Waals surface area (Å²) >= 11 is 0. The number of methoxy groups -OCH3 is 1. The van der Waals surface area contributed by atoms with Crippen molar-refractivity contribution >= 4 is 0 Å². The number of aliphatic hydroxyl groups is 1. The minimum atomic E-state index is -0.862. The maximum atomic E-state index is 9.83. The van der Waals surface area contributed by atoms with Crippen LogP contribution in [0, 0.1) is 0 Å². The lowest BCUT2D eigenvalue weighted by Gasteiger charge is -2.32. The number of hydrogen-bond acceptors (Lipinski definition) is 5. The molecule has 0 aliphatic heterocycles. The Morgan fingerprint density at radius 3 is 2.92 bits per heavy atom. The minimum absolute atomic E-state index is 0.319. The number of nitrogens with zero attached hydrogens (tertiary/aromatic N) is 2. The topological polar surface area (TPSA) is 68.4 Å². The lowest BCUT2D eigenvalue weighted by Crippen LogP contribution is -2.33. The smallest absolute Gasteiger partial charge is 0.258 e. The van der Waals surface area contributed by atoms with Crippen LogP contribution in [0.2, 0.25) is 0 Å². The second kappa shape index (κ2) is 3.08. The molecule has 1 aliphatic carbocycles. The van der Waals surface area contributed by atoms with E-state index >= 15 is 0 Å². The van der Waals surface area contributed by atoms with Gasteiger partial charge in [-0.2, -0.15) is 4.98 Å². The van der Waals surface area contributed by atoms with Gasteiger partial charge in [0.05, 0.1) is 0 Å². The number of ether oxygens (including phenoxy) is 1. The van der Waals surface area contributed by atoms with Crippen LogP contribution in [0.5, 0.6) is 0 Å². The Balaban J connectivity index is 2.12. The first-order chi connectivity index (χ1) is 6.24. The van der Waals surface area contributed by atoms with Crippen molar-refractivity contribution in [3.8, 4) is 0 Å². The summed E-state index contributed by atoms with van der Waals surface area (Å²) in [5.41, 5.74) is -0.862. The Bertz CT molecular complexity index is 293. The maximum Gasteiger partial charge on any atom is 0.258 e. The standard InChI is InChI=1S/C8H12N2O3/c1-12-5-6-9-7(13-10-6)8(11)3-2-4-8/h11H,2-5H2,1H3. The molecule has 2 rings (SSSR count). The molecule has 1 aromatic rings. The quantitative estimate of drug-likeness (QED) is 0.744. The molecule has 1 saturated carbocycles. The van der Waals surface area contributed by atoms with E-state index in [4.69, 9.17) is 9.26 Å². The van der Waals surface area contributed by atoms with Gasteiger partial charge in [0.15, 0.2) is 5.82 Å². The summed E-state index contributed by atoms with van der Waals surface area (Å²) in [6.45, 7) is 0.319. The van der Waals surface area contributed by atoms with E-state index in [-0.39, 0.29) is 0 Å². The molecule has 0 aromatic carbocycles. The van der Waals surface area contributed by atoms with Crippen molar-refractivity contribution in [2.75, 3.05) is 7.11 Å². The Morgan fingerprint density at radius 2 is 2.38 bits per heavy atom. The Labute approximate surface area is 75.7 Å². The zero-order chi connectivity index (χ0) is 9.31. The van der Waals surface area contributed by atoms with Gasteiger partial charge in [0.1, 0.15) is 12.2 Å². The van der Waals surface area contributed by atoms with Crippen molar-refractivity contribution in [1.29, 1.82) is 0 Å². The van der Waals surface area contributed by atoms with Crippen LogP contribution < -0.4 is 0 Å². The molecule has 0 amide bonds. The van der Waals surface area contributed by atoms with Crippen LogP contribution in [0.1, 0.15) is 31.0 Å². The van der Waals surface area contributed by atoms with Gasteiger partial charge < -0.3 is 14.4 Å². The largest absolute Gasteiger partial charge is 0.380 e. The zero-order valence-electron chi connectivity index (χ0n) is 7.49. The van der Waals surface area contributed by atoms with Crippen molar-refractivity contribution in [3.63, 3.8) is 0 Å². The predicted octanol–water partition coefficient (Wildman–Crippen LogP) is 0.588. The lowest BCUT2D eigenvalue weighted by molar-refractivity contribution is -0.0646. The molecule has 5 nitrogen and oxygen atoms in total. The highest BCUT2D eigenvalue weighted by Crippen LogP contribution is 2.39. The fourth-order valence-electron chi connectivity index (χ4n) is 1.36. The van der Waals surface area contributed by atoms with E-state index in [0.717, 1.165) is 6.42 Å². The molecule has 13 heavy (non-hydrogen) atoms. The average molecular weight is 184 g/mol. The number of rotatable bonds is 3. The summed E-state index contributed by atoms with van der Waals surface area (Å²) in [5.74, 6) is 0.809. The molecule has 0 atom stereocenters. The monoisotopic (exact) mass is 184 g/mol. The summed E-state index contributed by atoms with van der Waals surface area (Å²) in [6, 6.07) is 0. The van der Waals surface area contributed by atoms with Gasteiger partial charge in [-0.25, -0.2) is 0 Å². The molecule has 1 aliphatic rings. The summed E-state index contributed by atoms with van der Waals surface area (Å²) in [4.78, 5) is 4.04. The average Bonchev–Trinajstić information content (AvgIpc) is 2.50. The van der Waals surface area contributed by atoms with Crippen molar-refractivity contribution in [2.45, 2.75) is 31.5 Å². The van der Waals surface area contributed by atoms with Gasteiger partial charge in [-0.1, -0.05) is 5.16 Å². The zero-order valence-corrected chi connectivity index (χ0v) is 7.49. The highest BCUT2D eigenvalue weighted by Gasteiger charge is 2.41. The maximum absolute atomic E-state index is 9.83. The Kier molecular flexibility index (Phi) is 2.05. The van der Waals surface area contributed by atoms with Crippen LogP contribution in [0.3, 0.4) is 0 Å². The summed E-state index contributed by atoms with van der Waals surface area (Å²) < 4.78 is 9.77. The van der Waals surface area contributed by atoms with Gasteiger partial charge in [0.25, 0.3) is 5.89 Å². The van der Waals surface area contributed by atoms with E-state index in [2.05, 4.69) is 10.1 Å². The predicted molar refractivity (Wildman–Crippen MR) is 42.8 cm³/mol. The van der Waals surface area contributed by atoms with E-state index in [0.29, 0.717) is 31.2 Å². The highest BCUT2D eigenvalue weighted by molar-refractivity contribution is 5.03. The van der Waals surface area contributed by atoms with Gasteiger partial charge in [-0.3, -0.25) is 0 Å². The van der Waals surface area contributed by atoms with Crippen molar-refractivity contribution in [1.82, 2.24) is 10.1 Å². The van der Waals surface area contributed by atoms with Crippen LogP contribution in [-0.2, 0) is 16.9 Å². The molecular weight excluding hydrogens is 172 g/mol. The first-order valence-corrected chi connectivity index (χ1v) is 4.29. The molecule has 0 bridgehead atoms. The van der Waals surface area contributed by atoms with Gasteiger partial charge in [-0.05, 0) is 19.3 Å². The molecule has 1 heterocycles. The molecule has 0 saturated heterocycles. The van der Waals surface area contributed by atoms with Crippen LogP contribution in [0.15, 0.2) is 4.52 Å². The third kappa shape index (κ3) is 1.45. The SMILES string of the molecule is COCc1noc(C2(O)CCC2)n1. The molecule has 0 spiro atoms. The van der Waals surface area contributed by atoms with E-state index in [1.807, 2.05) is 0 Å². The fourth-order valence-corrected chi connectivity index (χ4v) is 1.36. The molecule has 1 fully saturated rings. The summed E-state index contributed by atoms with van der Waals surface area (Å²) in [6.07, 6.45) is 2.43. The third-order valence-corrected chi connectivity index (χ3v) is 2.32. The Morgan fingerprint density at radius 1 is 1.62 bits per heavy atom. The highest BCUT2D eigenvalue weighted by atomic mass is 16.5. The van der Waals surface area contributed by atoms with Crippen molar-refractivity contribution in [2.24, 2.45) is 0 Å². The first kappa shape index (κ1) is 8.65. The normalized spacial score (nSPS) is 19.8. The number of hydrogen-bond donors (Lipinski definition) is 1. The lowest BCUT2D eigenvalue weighted by atomic mass is 9.80. The van der Waals surface area contributed by atoms with Gasteiger partial charge in [0, 0.05) is 7.11 Å². The van der Waals surface area contributed by atoms with Crippen molar-refractivity contribution in [3.05, 3.63) is 11.7 Å². The third-order valence-electron chi connectivity index (χ3n) is 2.32. The molecule has 1 aromatic heterocycles. The van der Waals surface area contributed by atoms with Crippen LogP contribution in [0.4, 0.5) is 0 Å². The second-order valence-corrected chi connectivity index (χ2v) is 3.33. The first-order valence-electron chi connectivity index (χ1n) is 4.29. The molecular formula is C8H12N2O3. The van der Waals surface area contributed by atoms with Crippen LogP contribution in [-0.4, -0.2) is 22.4 Å². The summed E-state index contributed by atoms with van der Waals surface area (Å²) in [5, 5.41) is 13.5. The van der Waals surface area contributed by atoms with E-state index in [1.165, 1.54) is 0 Å².